The van der Waals surface area contributed by atoms with Crippen LogP contribution >= 0.6 is 11.8 Å². The zero-order valence-electron chi connectivity index (χ0n) is 14.7. The minimum Gasteiger partial charge on any atom is -0.339 e. The monoisotopic (exact) mass is 360 g/mol. The zero-order valence-corrected chi connectivity index (χ0v) is 15.5. The number of hydrogen-bond donors (Lipinski definition) is 1. The Morgan fingerprint density at radius 2 is 2.12 bits per heavy atom. The van der Waals surface area contributed by atoms with Gasteiger partial charge in [-0.3, -0.25) is 0 Å². The number of aromatic nitrogens is 2. The summed E-state index contributed by atoms with van der Waals surface area (Å²) in [6.45, 7) is 2.49. The summed E-state index contributed by atoms with van der Waals surface area (Å²) in [7, 11) is 1.72. The van der Waals surface area contributed by atoms with Gasteiger partial charge in [0.25, 0.3) is 0 Å². The van der Waals surface area contributed by atoms with Crippen molar-refractivity contribution in [1.29, 1.82) is 0 Å². The number of carbonyl (C=O) groups excluding carboxylic acids is 1. The van der Waals surface area contributed by atoms with E-state index in [1.54, 1.807) is 11.9 Å². The summed E-state index contributed by atoms with van der Waals surface area (Å²) in [6.07, 6.45) is 4.60. The van der Waals surface area contributed by atoms with Crippen LogP contribution in [0, 0.1) is 0 Å². The molecule has 2 aromatic rings. The normalized spacial score (nSPS) is 14.2. The first kappa shape index (κ1) is 17.8. The number of hydrogen-bond acceptors (Lipinski definition) is 5. The van der Waals surface area contributed by atoms with Crippen LogP contribution in [0.4, 0.5) is 10.5 Å². The van der Waals surface area contributed by atoms with Crippen LogP contribution in [-0.2, 0) is 6.54 Å². The van der Waals surface area contributed by atoms with Gasteiger partial charge >= 0.3 is 6.03 Å². The lowest BCUT2D eigenvalue weighted by Gasteiger charge is -2.20. The highest BCUT2D eigenvalue weighted by Crippen LogP contribution is 2.35. The van der Waals surface area contributed by atoms with Crippen LogP contribution in [0.5, 0.6) is 0 Å². The predicted molar refractivity (Wildman–Crippen MR) is 98.8 cm³/mol. The van der Waals surface area contributed by atoms with E-state index in [1.165, 1.54) is 11.3 Å². The predicted octanol–water partition coefficient (Wildman–Crippen LogP) is 4.50. The Balaban J connectivity index is 1.50. The van der Waals surface area contributed by atoms with Crippen molar-refractivity contribution in [2.45, 2.75) is 50.0 Å². The smallest absolute Gasteiger partial charge is 0.321 e. The molecule has 2 amide bonds. The van der Waals surface area contributed by atoms with E-state index in [2.05, 4.69) is 22.4 Å². The number of amides is 2. The van der Waals surface area contributed by atoms with Crippen molar-refractivity contribution in [3.05, 3.63) is 36.0 Å². The lowest BCUT2D eigenvalue weighted by Crippen LogP contribution is -2.31. The molecule has 0 saturated heterocycles. The third-order valence-corrected chi connectivity index (χ3v) is 5.46. The van der Waals surface area contributed by atoms with E-state index >= 15 is 0 Å². The molecule has 1 aromatic heterocycles. The van der Waals surface area contributed by atoms with Crippen molar-refractivity contribution in [2.24, 2.45) is 0 Å². The van der Waals surface area contributed by atoms with Crippen LogP contribution < -0.4 is 5.32 Å². The van der Waals surface area contributed by atoms with E-state index in [-0.39, 0.29) is 6.03 Å². The van der Waals surface area contributed by atoms with Gasteiger partial charge in [0.05, 0.1) is 6.54 Å². The maximum atomic E-state index is 12.3. The fraction of sp³-hybridized carbons (Fsp3) is 0.500. The van der Waals surface area contributed by atoms with Crippen molar-refractivity contribution in [1.82, 2.24) is 15.0 Å². The van der Waals surface area contributed by atoms with Crippen molar-refractivity contribution in [3.63, 3.8) is 0 Å². The van der Waals surface area contributed by atoms with Crippen LogP contribution in [0.1, 0.15) is 50.2 Å². The van der Waals surface area contributed by atoms with Gasteiger partial charge in [0.15, 0.2) is 5.82 Å². The molecular formula is C18H24N4O2S. The first-order valence-corrected chi connectivity index (χ1v) is 9.71. The molecule has 0 aliphatic heterocycles. The summed E-state index contributed by atoms with van der Waals surface area (Å²) in [5, 5.41) is 6.87. The standard InChI is InChI=1S/C18H24N4O2S/c1-3-11-25-15-9-7-14(8-10-15)19-18(23)22(2)12-16-20-17(24-21-16)13-5-4-6-13/h7-10,13H,3-6,11-12H2,1-2H3,(H,19,23). The number of urea groups is 1. The number of nitrogens with one attached hydrogen (secondary N) is 1. The summed E-state index contributed by atoms with van der Waals surface area (Å²) < 4.78 is 5.29. The van der Waals surface area contributed by atoms with E-state index in [4.69, 9.17) is 4.52 Å². The van der Waals surface area contributed by atoms with Crippen molar-refractivity contribution >= 4 is 23.5 Å². The van der Waals surface area contributed by atoms with Gasteiger partial charge in [-0.2, -0.15) is 4.98 Å². The maximum absolute atomic E-state index is 12.3. The molecule has 6 nitrogen and oxygen atoms in total. The fourth-order valence-electron chi connectivity index (χ4n) is 2.51. The quantitative estimate of drug-likeness (QED) is 0.736. The zero-order chi connectivity index (χ0) is 17.6. The first-order chi connectivity index (χ1) is 12.2. The SMILES string of the molecule is CCCSc1ccc(NC(=O)N(C)Cc2noc(C3CCC3)n2)cc1. The van der Waals surface area contributed by atoms with E-state index in [9.17, 15) is 4.79 Å². The molecule has 0 unspecified atom stereocenters. The molecule has 134 valence electrons. The average molecular weight is 360 g/mol. The number of nitrogens with zero attached hydrogens (tertiary/aromatic N) is 3. The molecule has 0 bridgehead atoms. The van der Waals surface area contributed by atoms with Gasteiger partial charge in [0.2, 0.25) is 5.89 Å². The maximum Gasteiger partial charge on any atom is 0.321 e. The summed E-state index contributed by atoms with van der Waals surface area (Å²) in [5.74, 6) is 2.76. The van der Waals surface area contributed by atoms with Gasteiger partial charge in [-0.05, 0) is 49.3 Å². The van der Waals surface area contributed by atoms with E-state index in [1.807, 2.05) is 36.0 Å². The lowest BCUT2D eigenvalue weighted by atomic mass is 9.85. The lowest BCUT2D eigenvalue weighted by molar-refractivity contribution is 0.219. The molecule has 1 N–H and O–H groups in total. The van der Waals surface area contributed by atoms with Gasteiger partial charge in [-0.15, -0.1) is 11.8 Å². The summed E-state index contributed by atoms with van der Waals surface area (Å²) in [5.41, 5.74) is 0.779. The number of carbonyl (C=O) groups is 1. The molecule has 0 atom stereocenters. The topological polar surface area (TPSA) is 71.3 Å². The van der Waals surface area contributed by atoms with Gasteiger partial charge in [0, 0.05) is 23.5 Å². The molecule has 1 heterocycles. The van der Waals surface area contributed by atoms with Crippen molar-refractivity contribution < 1.29 is 9.32 Å². The van der Waals surface area contributed by atoms with Crippen LogP contribution in [0.25, 0.3) is 0 Å². The highest BCUT2D eigenvalue weighted by Gasteiger charge is 2.25. The highest BCUT2D eigenvalue weighted by atomic mass is 32.2. The third kappa shape index (κ3) is 4.75. The Morgan fingerprint density at radius 1 is 1.36 bits per heavy atom. The summed E-state index contributed by atoms with van der Waals surface area (Å²) in [6, 6.07) is 7.71. The van der Waals surface area contributed by atoms with Crippen molar-refractivity contribution in [3.8, 4) is 0 Å². The number of thioether (sulfide) groups is 1. The molecule has 0 radical (unpaired) electrons. The Hall–Kier alpha value is -2.02. The van der Waals surface area contributed by atoms with E-state index in [0.29, 0.717) is 24.2 Å². The fourth-order valence-corrected chi connectivity index (χ4v) is 3.28. The first-order valence-electron chi connectivity index (χ1n) is 8.73. The molecule has 3 rings (SSSR count). The van der Waals surface area contributed by atoms with Crippen LogP contribution in [0.15, 0.2) is 33.7 Å². The molecule has 1 aliphatic carbocycles. The average Bonchev–Trinajstić information content (AvgIpc) is 3.00. The molecule has 7 heteroatoms. The molecule has 1 aliphatic rings. The van der Waals surface area contributed by atoms with Crippen LogP contribution in [0.2, 0.25) is 0 Å². The second-order valence-corrected chi connectivity index (χ2v) is 7.50. The Bertz CT molecular complexity index is 697. The molecule has 1 saturated carbocycles. The number of benzene rings is 1. The summed E-state index contributed by atoms with van der Waals surface area (Å²) in [4.78, 5) is 19.5. The van der Waals surface area contributed by atoms with Gasteiger partial charge in [0.1, 0.15) is 0 Å². The Labute approximate surface area is 152 Å². The molecule has 1 fully saturated rings. The largest absolute Gasteiger partial charge is 0.339 e. The van der Waals surface area contributed by atoms with E-state index in [0.717, 1.165) is 30.7 Å². The second-order valence-electron chi connectivity index (χ2n) is 6.34. The highest BCUT2D eigenvalue weighted by molar-refractivity contribution is 7.99. The number of rotatable bonds is 7. The van der Waals surface area contributed by atoms with Crippen LogP contribution in [-0.4, -0.2) is 33.9 Å². The second kappa shape index (κ2) is 8.38. The van der Waals surface area contributed by atoms with Gasteiger partial charge in [-0.25, -0.2) is 4.79 Å². The summed E-state index contributed by atoms with van der Waals surface area (Å²) >= 11 is 1.82. The minimum atomic E-state index is -0.191. The molecule has 25 heavy (non-hydrogen) atoms. The minimum absolute atomic E-state index is 0.191. The van der Waals surface area contributed by atoms with Crippen LogP contribution in [0.3, 0.4) is 0 Å². The molecular weight excluding hydrogens is 336 g/mol. The number of anilines is 1. The van der Waals surface area contributed by atoms with Gasteiger partial charge < -0.3 is 14.7 Å². The molecule has 0 spiro atoms. The Kier molecular flexibility index (Phi) is 5.96. The van der Waals surface area contributed by atoms with Gasteiger partial charge in [-0.1, -0.05) is 18.5 Å². The van der Waals surface area contributed by atoms with Crippen molar-refractivity contribution in [2.75, 3.05) is 18.1 Å². The molecule has 1 aromatic carbocycles. The third-order valence-electron chi connectivity index (χ3n) is 4.24. The van der Waals surface area contributed by atoms with E-state index < -0.39 is 0 Å². The Morgan fingerprint density at radius 3 is 2.76 bits per heavy atom.